The van der Waals surface area contributed by atoms with Crippen molar-refractivity contribution in [3.05, 3.63) is 28.3 Å². The molecule has 0 saturated heterocycles. The van der Waals surface area contributed by atoms with Crippen LogP contribution in [0.4, 0.5) is 0 Å². The molecule has 1 aromatic rings. The highest BCUT2D eigenvalue weighted by Crippen LogP contribution is 1.99. The van der Waals surface area contributed by atoms with E-state index in [4.69, 9.17) is 0 Å². The lowest BCUT2D eigenvalue weighted by Crippen LogP contribution is -2.05. The van der Waals surface area contributed by atoms with Crippen LogP contribution in [0.3, 0.4) is 0 Å². The van der Waals surface area contributed by atoms with Gasteiger partial charge in [-0.15, -0.1) is 0 Å². The van der Waals surface area contributed by atoms with E-state index in [0.29, 0.717) is 5.69 Å². The SMILES string of the molecule is CCn1cncc1C[N+](=O)[O-]. The molecule has 1 aromatic heterocycles. The van der Waals surface area contributed by atoms with Crippen molar-refractivity contribution in [2.45, 2.75) is 20.0 Å². The molecule has 0 aliphatic heterocycles. The Labute approximate surface area is 63.8 Å². The average Bonchev–Trinajstić information content (AvgIpc) is 2.34. The molecule has 0 aromatic carbocycles. The summed E-state index contributed by atoms with van der Waals surface area (Å²) in [6.07, 6.45) is 3.12. The Bertz CT molecular complexity index is 256. The minimum Gasteiger partial charge on any atom is -0.329 e. The van der Waals surface area contributed by atoms with Crippen LogP contribution >= 0.6 is 0 Å². The molecule has 0 aliphatic carbocycles. The van der Waals surface area contributed by atoms with Gasteiger partial charge >= 0.3 is 0 Å². The zero-order chi connectivity index (χ0) is 8.27. The van der Waals surface area contributed by atoms with E-state index in [1.165, 1.54) is 6.20 Å². The largest absolute Gasteiger partial charge is 0.329 e. The minimum atomic E-state index is -0.358. The fourth-order valence-electron chi connectivity index (χ4n) is 0.897. The lowest BCUT2D eigenvalue weighted by Gasteiger charge is -1.98. The number of nitro groups is 1. The number of hydrogen-bond donors (Lipinski definition) is 0. The molecule has 0 atom stereocenters. The Morgan fingerprint density at radius 3 is 3.09 bits per heavy atom. The molecule has 0 fully saturated rings. The predicted octanol–water partition coefficient (Wildman–Crippen LogP) is 0.680. The molecular formula is C6H9N3O2. The van der Waals surface area contributed by atoms with Crippen molar-refractivity contribution in [2.75, 3.05) is 0 Å². The quantitative estimate of drug-likeness (QED) is 0.476. The Kier molecular flexibility index (Phi) is 2.20. The maximum Gasteiger partial charge on any atom is 0.245 e. The molecule has 1 rings (SSSR count). The molecule has 0 aliphatic rings. The number of nitrogens with zero attached hydrogens (tertiary/aromatic N) is 3. The maximum atomic E-state index is 10.1. The summed E-state index contributed by atoms with van der Waals surface area (Å²) in [7, 11) is 0. The smallest absolute Gasteiger partial charge is 0.245 e. The topological polar surface area (TPSA) is 61.0 Å². The standard InChI is InChI=1S/C6H9N3O2/c1-2-8-5-7-3-6(8)4-9(10)11/h3,5H,2,4H2,1H3. The molecule has 0 unspecified atom stereocenters. The van der Waals surface area contributed by atoms with E-state index >= 15 is 0 Å². The lowest BCUT2D eigenvalue weighted by molar-refractivity contribution is -0.497. The minimum absolute atomic E-state index is 0.145. The zero-order valence-corrected chi connectivity index (χ0v) is 6.23. The number of hydrogen-bond acceptors (Lipinski definition) is 3. The molecule has 60 valence electrons. The second kappa shape index (κ2) is 3.14. The summed E-state index contributed by atoms with van der Waals surface area (Å²) in [4.78, 5) is 13.5. The van der Waals surface area contributed by atoms with E-state index in [0.717, 1.165) is 6.54 Å². The third-order valence-corrected chi connectivity index (χ3v) is 1.43. The summed E-state index contributed by atoms with van der Waals surface area (Å²) in [5.74, 6) is 0. The van der Waals surface area contributed by atoms with Crippen LogP contribution in [0.1, 0.15) is 12.6 Å². The molecule has 0 saturated carbocycles. The van der Waals surface area contributed by atoms with Gasteiger partial charge in [0.1, 0.15) is 5.69 Å². The van der Waals surface area contributed by atoms with E-state index in [1.54, 1.807) is 10.9 Å². The van der Waals surface area contributed by atoms with Crippen LogP contribution in [-0.2, 0) is 13.1 Å². The zero-order valence-electron chi connectivity index (χ0n) is 6.23. The molecule has 5 heteroatoms. The first kappa shape index (κ1) is 7.71. The first-order valence-electron chi connectivity index (χ1n) is 3.35. The van der Waals surface area contributed by atoms with Gasteiger partial charge in [-0.2, -0.15) is 0 Å². The number of aromatic nitrogens is 2. The van der Waals surface area contributed by atoms with Gasteiger partial charge < -0.3 is 4.57 Å². The van der Waals surface area contributed by atoms with Crippen molar-refractivity contribution in [1.29, 1.82) is 0 Å². The summed E-state index contributed by atoms with van der Waals surface area (Å²) >= 11 is 0. The molecule has 0 amide bonds. The van der Waals surface area contributed by atoms with E-state index in [9.17, 15) is 10.1 Å². The molecule has 0 spiro atoms. The molecule has 0 bridgehead atoms. The van der Waals surface area contributed by atoms with Gasteiger partial charge in [-0.3, -0.25) is 10.1 Å². The van der Waals surface area contributed by atoms with Crippen LogP contribution in [0.25, 0.3) is 0 Å². The molecule has 0 radical (unpaired) electrons. The third kappa shape index (κ3) is 1.76. The van der Waals surface area contributed by atoms with Gasteiger partial charge in [0.25, 0.3) is 0 Å². The Balaban J connectivity index is 2.76. The fourth-order valence-corrected chi connectivity index (χ4v) is 0.897. The van der Waals surface area contributed by atoms with E-state index in [2.05, 4.69) is 4.98 Å². The summed E-state index contributed by atoms with van der Waals surface area (Å²) in [5.41, 5.74) is 0.650. The average molecular weight is 155 g/mol. The van der Waals surface area contributed by atoms with Crippen LogP contribution in [0.15, 0.2) is 12.5 Å². The van der Waals surface area contributed by atoms with Crippen molar-refractivity contribution < 1.29 is 4.92 Å². The van der Waals surface area contributed by atoms with E-state index in [1.807, 2.05) is 6.92 Å². The predicted molar refractivity (Wildman–Crippen MR) is 38.6 cm³/mol. The highest BCUT2D eigenvalue weighted by Gasteiger charge is 2.05. The first-order chi connectivity index (χ1) is 5.24. The second-order valence-electron chi connectivity index (χ2n) is 2.16. The van der Waals surface area contributed by atoms with Crippen LogP contribution in [0, 0.1) is 10.1 Å². The number of aryl methyl sites for hydroxylation is 1. The summed E-state index contributed by atoms with van der Waals surface area (Å²) < 4.78 is 1.75. The van der Waals surface area contributed by atoms with Gasteiger partial charge in [0.15, 0.2) is 0 Å². The van der Waals surface area contributed by atoms with E-state index in [-0.39, 0.29) is 11.5 Å². The molecular weight excluding hydrogens is 146 g/mol. The summed E-state index contributed by atoms with van der Waals surface area (Å²) in [6, 6.07) is 0. The van der Waals surface area contributed by atoms with Gasteiger partial charge in [0.05, 0.1) is 12.5 Å². The third-order valence-electron chi connectivity index (χ3n) is 1.43. The molecule has 11 heavy (non-hydrogen) atoms. The van der Waals surface area contributed by atoms with Gasteiger partial charge in [0.2, 0.25) is 6.54 Å². The first-order valence-corrected chi connectivity index (χ1v) is 3.35. The van der Waals surface area contributed by atoms with Crippen LogP contribution in [0.5, 0.6) is 0 Å². The Morgan fingerprint density at radius 2 is 2.55 bits per heavy atom. The number of rotatable bonds is 3. The van der Waals surface area contributed by atoms with Crippen LogP contribution in [-0.4, -0.2) is 14.5 Å². The molecule has 0 N–H and O–H groups in total. The summed E-state index contributed by atoms with van der Waals surface area (Å²) in [6.45, 7) is 2.50. The van der Waals surface area contributed by atoms with Crippen molar-refractivity contribution in [3.63, 3.8) is 0 Å². The Hall–Kier alpha value is -1.39. The van der Waals surface area contributed by atoms with Crippen LogP contribution in [0.2, 0.25) is 0 Å². The highest BCUT2D eigenvalue weighted by atomic mass is 16.6. The lowest BCUT2D eigenvalue weighted by atomic mass is 10.4. The van der Waals surface area contributed by atoms with Crippen molar-refractivity contribution >= 4 is 0 Å². The fraction of sp³-hybridized carbons (Fsp3) is 0.500. The monoisotopic (exact) mass is 155 g/mol. The van der Waals surface area contributed by atoms with Gasteiger partial charge in [-0.05, 0) is 6.92 Å². The molecule has 5 nitrogen and oxygen atoms in total. The van der Waals surface area contributed by atoms with Crippen LogP contribution < -0.4 is 0 Å². The second-order valence-corrected chi connectivity index (χ2v) is 2.16. The van der Waals surface area contributed by atoms with Gasteiger partial charge in [-0.25, -0.2) is 4.98 Å². The summed E-state index contributed by atoms with van der Waals surface area (Å²) in [5, 5.41) is 10.1. The van der Waals surface area contributed by atoms with Gasteiger partial charge in [0, 0.05) is 11.5 Å². The number of imidazole rings is 1. The van der Waals surface area contributed by atoms with Crippen molar-refractivity contribution in [1.82, 2.24) is 9.55 Å². The highest BCUT2D eigenvalue weighted by molar-refractivity contribution is 4.95. The van der Waals surface area contributed by atoms with Gasteiger partial charge in [-0.1, -0.05) is 0 Å². The maximum absolute atomic E-state index is 10.1. The van der Waals surface area contributed by atoms with Crippen molar-refractivity contribution in [2.24, 2.45) is 0 Å². The van der Waals surface area contributed by atoms with Crippen molar-refractivity contribution in [3.8, 4) is 0 Å². The Morgan fingerprint density at radius 1 is 1.82 bits per heavy atom. The normalized spacial score (nSPS) is 9.91. The van der Waals surface area contributed by atoms with E-state index < -0.39 is 0 Å². The molecule has 1 heterocycles.